The lowest BCUT2D eigenvalue weighted by molar-refractivity contribution is -0.227. The smallest absolute Gasteiger partial charge is 0.311 e. The maximum absolute atomic E-state index is 15.2. The molecule has 0 unspecified atom stereocenters. The van der Waals surface area contributed by atoms with Crippen molar-refractivity contribution in [2.24, 2.45) is 43.8 Å². The minimum Gasteiger partial charge on any atom is -0.469 e. The second kappa shape index (κ2) is 12.3. The van der Waals surface area contributed by atoms with Crippen LogP contribution in [0, 0.1) is 43.8 Å². The van der Waals surface area contributed by atoms with E-state index in [4.69, 9.17) is 14.2 Å². The number of methoxy groups -OCH3 is 2. The number of carbonyl (C=O) groups is 4. The lowest BCUT2D eigenvalue weighted by Crippen LogP contribution is -2.76. The summed E-state index contributed by atoms with van der Waals surface area (Å²) in [4.78, 5) is 53.1. The molecule has 47 heavy (non-hydrogen) atoms. The number of esters is 3. The van der Waals surface area contributed by atoms with Crippen molar-refractivity contribution in [3.05, 3.63) is 11.6 Å². The van der Waals surface area contributed by atoms with Crippen LogP contribution in [0.3, 0.4) is 0 Å². The number of hydrogen-bond acceptors (Lipinski definition) is 7. The third-order valence-corrected chi connectivity index (χ3v) is 20.0. The molecule has 0 radical (unpaired) electrons. The van der Waals surface area contributed by atoms with Gasteiger partial charge in [-0.1, -0.05) is 72.4 Å². The lowest BCUT2D eigenvalue weighted by Gasteiger charge is -2.77. The highest BCUT2D eigenvalue weighted by atomic mass is 127. The molecule has 0 aromatic carbocycles. The van der Waals surface area contributed by atoms with E-state index >= 15 is 4.79 Å². The summed E-state index contributed by atoms with van der Waals surface area (Å²) in [6.07, 6.45) is 8.30. The number of hydrogen-bond donors (Lipinski definition) is 0. The molecule has 0 saturated heterocycles. The van der Waals surface area contributed by atoms with Crippen LogP contribution < -0.4 is 0 Å². The van der Waals surface area contributed by atoms with E-state index in [1.165, 1.54) is 19.8 Å². The Hall–Kier alpha value is -1.58. The molecular formula is C39H61IO7. The van der Waals surface area contributed by atoms with Crippen molar-refractivity contribution in [3.63, 3.8) is 0 Å². The van der Waals surface area contributed by atoms with Crippen LogP contribution in [0.15, 0.2) is 11.6 Å². The molecule has 0 heterocycles. The standard InChI is InChI=1S/C39H61IO7/c1-14-33(5,31(44)46-13)24-34(6)25(2)17-19-35(7)26(34)23-27(41)38(10)36(35,8)21-22-39(40-11)32(3,4)28(18-20-37(38,39)9)47-30(43)16-15-29(42)45-12/h23,25,28H,11,14-22,24H2,1-10,12-13H3/t25-,28-,33-,34+,35+,36-,37+,38-,39+/m0/s1. The number of ketones is 1. The molecule has 4 rings (SSSR count). The van der Waals surface area contributed by atoms with Crippen molar-refractivity contribution in [2.45, 2.75) is 143 Å². The molecule has 0 N–H and O–H groups in total. The van der Waals surface area contributed by atoms with Gasteiger partial charge in [-0.25, -0.2) is 0 Å². The average Bonchev–Trinajstić information content (AvgIpc) is 3.03. The zero-order chi connectivity index (χ0) is 35.6. The fourth-order valence-electron chi connectivity index (χ4n) is 11.7. The van der Waals surface area contributed by atoms with E-state index < -0.39 is 42.9 Å². The molecule has 9 atom stereocenters. The number of halogens is 1. The van der Waals surface area contributed by atoms with Crippen LogP contribution in [0.25, 0.3) is 0 Å². The summed E-state index contributed by atoms with van der Waals surface area (Å²) >= 11 is -0.653. The van der Waals surface area contributed by atoms with Gasteiger partial charge in [0.05, 0.1) is 32.5 Å². The number of alkyl halides is 1. The van der Waals surface area contributed by atoms with E-state index in [-0.39, 0.29) is 61.7 Å². The zero-order valence-electron chi connectivity index (χ0n) is 31.2. The molecule has 0 aromatic heterocycles. The summed E-state index contributed by atoms with van der Waals surface area (Å²) < 4.78 is 20.7. The summed E-state index contributed by atoms with van der Waals surface area (Å²) in [6.45, 7) is 22.6. The number of allylic oxidation sites excluding steroid dienone is 2. The van der Waals surface area contributed by atoms with E-state index in [1.807, 2.05) is 13.0 Å². The SMILES string of the molecule is C=I[C@@]12CC[C@]3(C)[C@](C)(C(=O)C=C4[C@](C)(C[C@](C)(CC)C(=O)OC)[C@@H](C)CC[C@]43C)[C@@]1(C)CC[C@H](OC(=O)CCC(=O)OC)C2(C)C. The Morgan fingerprint density at radius 3 is 2.09 bits per heavy atom. The molecule has 8 heteroatoms. The van der Waals surface area contributed by atoms with Crippen molar-refractivity contribution >= 4 is 48.9 Å². The molecule has 3 fully saturated rings. The summed E-state index contributed by atoms with van der Waals surface area (Å²) in [6, 6.07) is 0. The second-order valence-electron chi connectivity index (χ2n) is 17.2. The highest BCUT2D eigenvalue weighted by molar-refractivity contribution is 14.2. The zero-order valence-corrected chi connectivity index (χ0v) is 33.4. The molecule has 3 saturated carbocycles. The predicted molar refractivity (Wildman–Crippen MR) is 194 cm³/mol. The Morgan fingerprint density at radius 2 is 1.53 bits per heavy atom. The molecule has 4 aliphatic carbocycles. The molecule has 0 aromatic rings. The Labute approximate surface area is 293 Å². The normalized spacial score (nSPS) is 42.0. The summed E-state index contributed by atoms with van der Waals surface area (Å²) in [5.41, 5.74) is -1.77. The topological polar surface area (TPSA) is 96.0 Å². The van der Waals surface area contributed by atoms with Crippen molar-refractivity contribution in [1.29, 1.82) is 0 Å². The van der Waals surface area contributed by atoms with Crippen molar-refractivity contribution in [3.8, 4) is 0 Å². The van der Waals surface area contributed by atoms with Crippen LogP contribution in [0.5, 0.6) is 0 Å². The Bertz CT molecular complexity index is 1370. The molecular weight excluding hydrogens is 707 g/mol. The van der Waals surface area contributed by atoms with E-state index in [0.29, 0.717) is 25.2 Å². The highest BCUT2D eigenvalue weighted by Crippen LogP contribution is 2.82. The van der Waals surface area contributed by atoms with Crippen LogP contribution in [0.2, 0.25) is 0 Å². The number of ether oxygens (including phenoxy) is 3. The van der Waals surface area contributed by atoms with Gasteiger partial charge >= 0.3 is 17.9 Å². The Morgan fingerprint density at radius 1 is 0.915 bits per heavy atom. The lowest BCUT2D eigenvalue weighted by atomic mass is 9.28. The van der Waals surface area contributed by atoms with Crippen LogP contribution in [0.4, 0.5) is 0 Å². The average molecular weight is 769 g/mol. The summed E-state index contributed by atoms with van der Waals surface area (Å²) in [7, 11) is 2.80. The molecule has 7 nitrogen and oxygen atoms in total. The van der Waals surface area contributed by atoms with Gasteiger partial charge in [-0.15, -0.1) is 20.7 Å². The van der Waals surface area contributed by atoms with Gasteiger partial charge in [-0.05, 0) is 91.9 Å². The van der Waals surface area contributed by atoms with Crippen LogP contribution in [-0.2, 0) is 33.4 Å². The van der Waals surface area contributed by atoms with Crippen LogP contribution >= 0.6 is 20.7 Å². The maximum Gasteiger partial charge on any atom is 0.311 e. The maximum atomic E-state index is 15.2. The molecule has 4 aliphatic rings. The summed E-state index contributed by atoms with van der Waals surface area (Å²) in [5.74, 6) is -0.468. The quantitative estimate of drug-likeness (QED) is 0.100. The third kappa shape index (κ3) is 4.92. The minimum atomic E-state index is -0.664. The first-order valence-corrected chi connectivity index (χ1v) is 20.2. The van der Waals surface area contributed by atoms with E-state index in [9.17, 15) is 14.4 Å². The summed E-state index contributed by atoms with van der Waals surface area (Å²) in [5, 5.41) is 0. The van der Waals surface area contributed by atoms with E-state index in [2.05, 4.69) is 66.8 Å². The van der Waals surface area contributed by atoms with Gasteiger partial charge in [-0.3, -0.25) is 19.2 Å². The van der Waals surface area contributed by atoms with Crippen LogP contribution in [0.1, 0.15) is 133 Å². The molecule has 266 valence electrons. The molecule has 0 bridgehead atoms. The molecule has 0 amide bonds. The first kappa shape index (κ1) is 38.2. The van der Waals surface area contributed by atoms with Gasteiger partial charge in [0, 0.05) is 14.3 Å². The Balaban J connectivity index is 1.83. The van der Waals surface area contributed by atoms with E-state index in [0.717, 1.165) is 32.1 Å². The Kier molecular flexibility index (Phi) is 10.0. The third-order valence-electron chi connectivity index (χ3n) is 15.6. The van der Waals surface area contributed by atoms with Crippen molar-refractivity contribution in [2.75, 3.05) is 14.2 Å². The predicted octanol–water partition coefficient (Wildman–Crippen LogP) is 8.56. The highest BCUT2D eigenvalue weighted by Gasteiger charge is 2.79. The largest absolute Gasteiger partial charge is 0.469 e. The van der Waals surface area contributed by atoms with Gasteiger partial charge in [0.1, 0.15) is 6.10 Å². The van der Waals surface area contributed by atoms with Gasteiger partial charge in [-0.2, -0.15) is 0 Å². The van der Waals surface area contributed by atoms with Gasteiger partial charge in [0.2, 0.25) is 0 Å². The minimum absolute atomic E-state index is 0.000352. The molecule has 0 spiro atoms. The van der Waals surface area contributed by atoms with Gasteiger partial charge < -0.3 is 14.2 Å². The monoisotopic (exact) mass is 768 g/mol. The number of rotatable bonds is 9. The van der Waals surface area contributed by atoms with Crippen molar-refractivity contribution in [1.82, 2.24) is 0 Å². The first-order chi connectivity index (χ1) is 21.6. The molecule has 0 aliphatic heterocycles. The first-order valence-electron chi connectivity index (χ1n) is 17.6. The fraction of sp³-hybridized carbons (Fsp3) is 0.821. The number of carbonyl (C=O) groups excluding carboxylic acids is 4. The van der Waals surface area contributed by atoms with E-state index in [1.54, 1.807) is 0 Å². The van der Waals surface area contributed by atoms with Crippen molar-refractivity contribution < 1.29 is 33.4 Å². The van der Waals surface area contributed by atoms with Gasteiger partial charge in [0.15, 0.2) is 5.78 Å². The van der Waals surface area contributed by atoms with Crippen LogP contribution in [-0.4, -0.2) is 52.0 Å². The van der Waals surface area contributed by atoms with Gasteiger partial charge in [0.25, 0.3) is 0 Å². The number of fused-ring (bicyclic) bond motifs is 5. The second-order valence-corrected chi connectivity index (χ2v) is 19.8. The fourth-order valence-corrected chi connectivity index (χ4v) is 15.3.